The van der Waals surface area contributed by atoms with Gasteiger partial charge in [-0.05, 0) is 18.6 Å². The second-order valence-electron chi connectivity index (χ2n) is 4.79. The van der Waals surface area contributed by atoms with Gasteiger partial charge in [0.05, 0.1) is 11.3 Å². The van der Waals surface area contributed by atoms with E-state index < -0.39 is 17.7 Å². The zero-order valence-corrected chi connectivity index (χ0v) is 11.4. The monoisotopic (exact) mass is 274 g/mol. The van der Waals surface area contributed by atoms with Crippen molar-refractivity contribution < 1.29 is 14.7 Å². The van der Waals surface area contributed by atoms with E-state index in [1.54, 1.807) is 12.1 Å². The summed E-state index contributed by atoms with van der Waals surface area (Å²) in [5.74, 6) is -2.74. The fraction of sp³-hybridized carbons (Fsp3) is 0.400. The first-order chi connectivity index (χ1) is 9.65. The van der Waals surface area contributed by atoms with Crippen molar-refractivity contribution in [2.24, 2.45) is 10.9 Å². The van der Waals surface area contributed by atoms with E-state index in [0.29, 0.717) is 16.9 Å². The number of benzene rings is 1. The van der Waals surface area contributed by atoms with E-state index in [0.717, 1.165) is 25.8 Å². The van der Waals surface area contributed by atoms with Crippen LogP contribution in [0.1, 0.15) is 36.5 Å². The average molecular weight is 274 g/mol. The molecular weight excluding hydrogens is 256 g/mol. The molecule has 1 aromatic rings. The van der Waals surface area contributed by atoms with Gasteiger partial charge in [0.15, 0.2) is 11.7 Å². The molecule has 0 aromatic heterocycles. The van der Waals surface area contributed by atoms with Gasteiger partial charge in [-0.3, -0.25) is 14.6 Å². The molecule has 2 rings (SSSR count). The van der Waals surface area contributed by atoms with Crippen LogP contribution in [0.25, 0.3) is 0 Å². The lowest BCUT2D eigenvalue weighted by Crippen LogP contribution is -2.28. The highest BCUT2D eigenvalue weighted by Gasteiger charge is 2.32. The smallest absolute Gasteiger partial charge is 0.319 e. The molecule has 106 valence electrons. The van der Waals surface area contributed by atoms with Crippen molar-refractivity contribution in [3.05, 3.63) is 23.8 Å². The maximum absolute atomic E-state index is 12.3. The Bertz CT molecular complexity index is 552. The predicted molar refractivity (Wildman–Crippen MR) is 78.1 cm³/mol. The van der Waals surface area contributed by atoms with Gasteiger partial charge in [0.2, 0.25) is 0 Å². The number of hydrogen-bond acceptors (Lipinski definition) is 4. The maximum Gasteiger partial charge on any atom is 0.319 e. The number of Topliss-reactive ketones (excluding diaryl/α,β-unsaturated/α-hetero) is 1. The minimum Gasteiger partial charge on any atom is -0.480 e. The average Bonchev–Trinajstić information content (AvgIpc) is 2.43. The number of nitrogens with zero attached hydrogens (tertiary/aromatic N) is 1. The summed E-state index contributed by atoms with van der Waals surface area (Å²) in [4.78, 5) is 27.4. The predicted octanol–water partition coefficient (Wildman–Crippen LogP) is 2.89. The molecule has 0 aliphatic carbocycles. The van der Waals surface area contributed by atoms with E-state index in [1.807, 2.05) is 6.07 Å². The molecule has 0 bridgehead atoms. The molecule has 5 heteroatoms. The Morgan fingerprint density at radius 1 is 1.40 bits per heavy atom. The molecule has 0 spiro atoms. The van der Waals surface area contributed by atoms with E-state index in [9.17, 15) is 9.59 Å². The fourth-order valence-electron chi connectivity index (χ4n) is 2.21. The molecule has 1 atom stereocenters. The third kappa shape index (κ3) is 2.87. The largest absolute Gasteiger partial charge is 0.480 e. The number of carbonyl (C=O) groups excluding carboxylic acids is 1. The van der Waals surface area contributed by atoms with Crippen LogP contribution in [0.4, 0.5) is 11.4 Å². The molecule has 2 N–H and O–H groups in total. The summed E-state index contributed by atoms with van der Waals surface area (Å²) in [6.07, 6.45) is 4.46. The van der Waals surface area contributed by atoms with Gasteiger partial charge in [0.1, 0.15) is 0 Å². The molecule has 20 heavy (non-hydrogen) atoms. The molecule has 0 saturated carbocycles. The Balaban J connectivity index is 2.23. The topological polar surface area (TPSA) is 78.8 Å². The molecule has 0 fully saturated rings. The highest BCUT2D eigenvalue weighted by Crippen LogP contribution is 2.32. The number of aliphatic carboxylic acids is 1. The Kier molecular flexibility index (Phi) is 4.50. The van der Waals surface area contributed by atoms with Crippen molar-refractivity contribution >= 4 is 29.3 Å². The zero-order valence-electron chi connectivity index (χ0n) is 11.4. The Hall–Kier alpha value is -2.17. The minimum absolute atomic E-state index is 0.388. The van der Waals surface area contributed by atoms with E-state index in [1.165, 1.54) is 6.21 Å². The van der Waals surface area contributed by atoms with Crippen LogP contribution < -0.4 is 5.32 Å². The summed E-state index contributed by atoms with van der Waals surface area (Å²) < 4.78 is 0. The van der Waals surface area contributed by atoms with Gasteiger partial charge < -0.3 is 10.4 Å². The highest BCUT2D eigenvalue weighted by molar-refractivity contribution is 6.24. The number of aliphatic imine (C=N–C) groups is 1. The number of carbonyl (C=O) groups is 2. The van der Waals surface area contributed by atoms with Crippen LogP contribution in [0.15, 0.2) is 23.2 Å². The Labute approximate surface area is 117 Å². The molecule has 0 amide bonds. The summed E-state index contributed by atoms with van der Waals surface area (Å²) in [6, 6.07) is 5.33. The number of ketones is 1. The highest BCUT2D eigenvalue weighted by atomic mass is 16.4. The molecular formula is C15H18N2O3. The van der Waals surface area contributed by atoms with Crippen molar-refractivity contribution in [3.8, 4) is 0 Å². The van der Waals surface area contributed by atoms with Gasteiger partial charge in [-0.2, -0.15) is 0 Å². The quantitative estimate of drug-likeness (QED) is 0.617. The van der Waals surface area contributed by atoms with Crippen LogP contribution in [0.5, 0.6) is 0 Å². The third-order valence-electron chi connectivity index (χ3n) is 3.30. The molecule has 5 nitrogen and oxygen atoms in total. The maximum atomic E-state index is 12.3. The first kappa shape index (κ1) is 14.2. The van der Waals surface area contributed by atoms with Gasteiger partial charge in [0, 0.05) is 18.4 Å². The summed E-state index contributed by atoms with van der Waals surface area (Å²) in [5, 5.41) is 12.2. The normalized spacial score (nSPS) is 16.9. The number of fused-ring (bicyclic) bond motifs is 1. The Morgan fingerprint density at radius 2 is 2.20 bits per heavy atom. The molecule has 1 aliphatic heterocycles. The molecule has 1 heterocycles. The second-order valence-corrected chi connectivity index (χ2v) is 4.79. The number of carboxylic acid groups (broad SMARTS) is 1. The summed E-state index contributed by atoms with van der Waals surface area (Å²) in [7, 11) is 0. The number of hydrogen-bond donors (Lipinski definition) is 2. The van der Waals surface area contributed by atoms with Gasteiger partial charge >= 0.3 is 5.97 Å². The number of unbranched alkanes of at least 4 members (excludes halogenated alkanes) is 2. The lowest BCUT2D eigenvalue weighted by atomic mass is 9.93. The number of anilines is 1. The second kappa shape index (κ2) is 6.32. The van der Waals surface area contributed by atoms with Gasteiger partial charge in [0.25, 0.3) is 0 Å². The number of rotatable bonds is 6. The van der Waals surface area contributed by atoms with Gasteiger partial charge in [-0.15, -0.1) is 0 Å². The molecule has 1 unspecified atom stereocenters. The van der Waals surface area contributed by atoms with Gasteiger partial charge in [-0.1, -0.05) is 25.8 Å². The molecule has 0 saturated heterocycles. The van der Waals surface area contributed by atoms with E-state index in [2.05, 4.69) is 17.2 Å². The third-order valence-corrected chi connectivity index (χ3v) is 3.30. The number of nitrogens with one attached hydrogen (secondary N) is 1. The summed E-state index contributed by atoms with van der Waals surface area (Å²) in [6.45, 7) is 2.89. The lowest BCUT2D eigenvalue weighted by Gasteiger charge is -2.18. The van der Waals surface area contributed by atoms with E-state index in [-0.39, 0.29) is 0 Å². The van der Waals surface area contributed by atoms with Crippen LogP contribution in [0, 0.1) is 5.92 Å². The summed E-state index contributed by atoms with van der Waals surface area (Å²) >= 11 is 0. The van der Waals surface area contributed by atoms with Crippen LogP contribution in [0.3, 0.4) is 0 Å². The van der Waals surface area contributed by atoms with Crippen molar-refractivity contribution in [1.29, 1.82) is 0 Å². The van der Waals surface area contributed by atoms with Crippen LogP contribution in [0.2, 0.25) is 0 Å². The van der Waals surface area contributed by atoms with Crippen LogP contribution in [-0.2, 0) is 4.79 Å². The Morgan fingerprint density at radius 3 is 2.90 bits per heavy atom. The van der Waals surface area contributed by atoms with Crippen molar-refractivity contribution in [2.45, 2.75) is 26.2 Å². The van der Waals surface area contributed by atoms with Crippen molar-refractivity contribution in [1.82, 2.24) is 0 Å². The fourth-order valence-corrected chi connectivity index (χ4v) is 2.21. The summed E-state index contributed by atoms with van der Waals surface area (Å²) in [5.41, 5.74) is 1.60. The minimum atomic E-state index is -1.18. The molecule has 1 aliphatic rings. The first-order valence-corrected chi connectivity index (χ1v) is 6.83. The van der Waals surface area contributed by atoms with E-state index >= 15 is 0 Å². The lowest BCUT2D eigenvalue weighted by molar-refractivity contribution is -0.137. The van der Waals surface area contributed by atoms with Crippen LogP contribution in [-0.4, -0.2) is 29.6 Å². The van der Waals surface area contributed by atoms with Crippen LogP contribution >= 0.6 is 0 Å². The molecule has 0 radical (unpaired) electrons. The molecule has 1 aromatic carbocycles. The van der Waals surface area contributed by atoms with Crippen molar-refractivity contribution in [2.75, 3.05) is 11.9 Å². The van der Waals surface area contributed by atoms with Crippen molar-refractivity contribution in [3.63, 3.8) is 0 Å². The number of carboxylic acids is 1. The SMILES string of the molecule is CCCCCNc1cccc2c1C(=O)C(C(=O)O)C=N2. The van der Waals surface area contributed by atoms with Gasteiger partial charge in [-0.25, -0.2) is 0 Å². The standard InChI is InChI=1S/C15H18N2O3/c1-2-3-4-8-16-11-6-5-7-12-13(11)14(18)10(9-17-12)15(19)20/h5-7,9-10,16H,2-4,8H2,1H3,(H,19,20). The first-order valence-electron chi connectivity index (χ1n) is 6.83. The zero-order chi connectivity index (χ0) is 14.5. The van der Waals surface area contributed by atoms with E-state index in [4.69, 9.17) is 5.11 Å².